The van der Waals surface area contributed by atoms with E-state index in [1.807, 2.05) is 73.7 Å². The monoisotopic (exact) mass is 442 g/mol. The molecule has 0 bridgehead atoms. The molecule has 33 heavy (non-hydrogen) atoms. The number of amides is 2. The first-order valence-corrected chi connectivity index (χ1v) is 10.9. The third-order valence-electron chi connectivity index (χ3n) is 5.48. The SMILES string of the molecule is Cc1ccc(C2=NOC(C(=O)NC(Cc3ccccc3)C(=O)NCc3ccncc3)C2)cc1. The summed E-state index contributed by atoms with van der Waals surface area (Å²) in [6.07, 6.45) is 3.30. The van der Waals surface area contributed by atoms with Crippen LogP contribution in [0.15, 0.2) is 84.3 Å². The zero-order valence-corrected chi connectivity index (χ0v) is 18.4. The zero-order chi connectivity index (χ0) is 23.0. The van der Waals surface area contributed by atoms with E-state index in [1.54, 1.807) is 12.4 Å². The molecule has 1 aliphatic heterocycles. The maximum Gasteiger partial charge on any atom is 0.265 e. The zero-order valence-electron chi connectivity index (χ0n) is 18.4. The average molecular weight is 443 g/mol. The average Bonchev–Trinajstić information content (AvgIpc) is 3.34. The minimum atomic E-state index is -0.771. The Bertz CT molecular complexity index is 1120. The maximum atomic E-state index is 13.0. The molecular formula is C26H26N4O3. The van der Waals surface area contributed by atoms with Gasteiger partial charge in [0.25, 0.3) is 5.91 Å². The molecule has 0 saturated carbocycles. The lowest BCUT2D eigenvalue weighted by molar-refractivity contribution is -0.135. The summed E-state index contributed by atoms with van der Waals surface area (Å²) in [6, 6.07) is 20.4. The van der Waals surface area contributed by atoms with E-state index in [2.05, 4.69) is 20.8 Å². The van der Waals surface area contributed by atoms with Crippen molar-refractivity contribution in [2.75, 3.05) is 0 Å². The lowest BCUT2D eigenvalue weighted by atomic mass is 10.0. The van der Waals surface area contributed by atoms with Gasteiger partial charge in [-0.3, -0.25) is 14.6 Å². The number of benzene rings is 2. The van der Waals surface area contributed by atoms with Crippen molar-refractivity contribution in [2.24, 2.45) is 5.16 Å². The molecule has 4 rings (SSSR count). The molecule has 2 amide bonds. The number of hydrogen-bond donors (Lipinski definition) is 2. The molecule has 2 aromatic carbocycles. The number of aromatic nitrogens is 1. The summed E-state index contributed by atoms with van der Waals surface area (Å²) in [7, 11) is 0. The van der Waals surface area contributed by atoms with Crippen LogP contribution in [0.4, 0.5) is 0 Å². The molecule has 0 fully saturated rings. The van der Waals surface area contributed by atoms with Crippen LogP contribution in [0.25, 0.3) is 0 Å². The highest BCUT2D eigenvalue weighted by Gasteiger charge is 2.32. The van der Waals surface area contributed by atoms with E-state index >= 15 is 0 Å². The summed E-state index contributed by atoms with van der Waals surface area (Å²) < 4.78 is 0. The molecule has 0 saturated heterocycles. The van der Waals surface area contributed by atoms with Gasteiger partial charge in [-0.2, -0.15) is 0 Å². The Morgan fingerprint density at radius 2 is 1.73 bits per heavy atom. The number of oxime groups is 1. The fraction of sp³-hybridized carbons (Fsp3) is 0.231. The lowest BCUT2D eigenvalue weighted by Gasteiger charge is -2.20. The first kappa shape index (κ1) is 22.2. The van der Waals surface area contributed by atoms with Crippen molar-refractivity contribution in [3.05, 3.63) is 101 Å². The van der Waals surface area contributed by atoms with Gasteiger partial charge in [0.15, 0.2) is 0 Å². The van der Waals surface area contributed by atoms with Gasteiger partial charge in [-0.1, -0.05) is 65.3 Å². The van der Waals surface area contributed by atoms with Crippen LogP contribution in [-0.4, -0.2) is 34.7 Å². The van der Waals surface area contributed by atoms with Crippen LogP contribution in [-0.2, 0) is 27.4 Å². The van der Waals surface area contributed by atoms with Crippen molar-refractivity contribution in [3.63, 3.8) is 0 Å². The minimum absolute atomic E-state index is 0.262. The van der Waals surface area contributed by atoms with Crippen LogP contribution in [0.5, 0.6) is 0 Å². The van der Waals surface area contributed by atoms with Gasteiger partial charge in [-0.15, -0.1) is 0 Å². The molecule has 3 aromatic rings. The van der Waals surface area contributed by atoms with Crippen molar-refractivity contribution in [1.29, 1.82) is 0 Å². The first-order chi connectivity index (χ1) is 16.1. The molecule has 1 aliphatic rings. The summed E-state index contributed by atoms with van der Waals surface area (Å²) in [6.45, 7) is 2.36. The first-order valence-electron chi connectivity index (χ1n) is 10.9. The number of aryl methyl sites for hydroxylation is 1. The van der Waals surface area contributed by atoms with E-state index in [-0.39, 0.29) is 11.8 Å². The summed E-state index contributed by atoms with van der Waals surface area (Å²) >= 11 is 0. The molecular weight excluding hydrogens is 416 g/mol. The van der Waals surface area contributed by atoms with E-state index in [0.717, 1.165) is 28.0 Å². The Morgan fingerprint density at radius 1 is 1.00 bits per heavy atom. The number of nitrogens with one attached hydrogen (secondary N) is 2. The van der Waals surface area contributed by atoms with Gasteiger partial charge < -0.3 is 15.5 Å². The fourth-order valence-corrected chi connectivity index (χ4v) is 3.57. The Balaban J connectivity index is 1.40. The molecule has 2 heterocycles. The van der Waals surface area contributed by atoms with Crippen molar-refractivity contribution < 1.29 is 14.4 Å². The van der Waals surface area contributed by atoms with Gasteiger partial charge in [0, 0.05) is 31.8 Å². The standard InChI is InChI=1S/C26H26N4O3/c1-18-7-9-21(10-8-18)22-16-24(33-30-22)26(32)29-23(15-19-5-3-2-4-6-19)25(31)28-17-20-11-13-27-14-12-20/h2-14,23-24H,15-17H2,1H3,(H,28,31)(H,29,32). The summed E-state index contributed by atoms with van der Waals surface area (Å²) in [4.78, 5) is 35.3. The predicted molar refractivity (Wildman–Crippen MR) is 125 cm³/mol. The van der Waals surface area contributed by atoms with Gasteiger partial charge in [0.2, 0.25) is 12.0 Å². The highest BCUT2D eigenvalue weighted by atomic mass is 16.6. The normalized spacial score (nSPS) is 15.8. The van der Waals surface area contributed by atoms with Crippen molar-refractivity contribution in [3.8, 4) is 0 Å². The second kappa shape index (κ2) is 10.5. The number of hydrogen-bond acceptors (Lipinski definition) is 5. The largest absolute Gasteiger partial charge is 0.382 e. The van der Waals surface area contributed by atoms with Crippen LogP contribution in [0, 0.1) is 6.92 Å². The van der Waals surface area contributed by atoms with Crippen LogP contribution in [0.2, 0.25) is 0 Å². The van der Waals surface area contributed by atoms with Gasteiger partial charge >= 0.3 is 0 Å². The third-order valence-corrected chi connectivity index (χ3v) is 5.48. The predicted octanol–water partition coefficient (Wildman–Crippen LogP) is 2.93. The molecule has 2 atom stereocenters. The Labute approximate surface area is 192 Å². The topological polar surface area (TPSA) is 92.7 Å². The van der Waals surface area contributed by atoms with Gasteiger partial charge in [0.05, 0.1) is 5.71 Å². The smallest absolute Gasteiger partial charge is 0.265 e. The maximum absolute atomic E-state index is 13.0. The molecule has 0 aliphatic carbocycles. The highest BCUT2D eigenvalue weighted by Crippen LogP contribution is 2.18. The molecule has 2 N–H and O–H groups in total. The van der Waals surface area contributed by atoms with E-state index < -0.39 is 12.1 Å². The van der Waals surface area contributed by atoms with Crippen LogP contribution in [0.1, 0.15) is 28.7 Å². The second-order valence-electron chi connectivity index (χ2n) is 8.03. The fourth-order valence-electron chi connectivity index (χ4n) is 3.57. The van der Waals surface area contributed by atoms with E-state index in [0.29, 0.717) is 19.4 Å². The van der Waals surface area contributed by atoms with Gasteiger partial charge in [-0.05, 0) is 35.7 Å². The van der Waals surface area contributed by atoms with Gasteiger partial charge in [0.1, 0.15) is 6.04 Å². The van der Waals surface area contributed by atoms with Crippen LogP contribution in [0.3, 0.4) is 0 Å². The Kier molecular flexibility index (Phi) is 7.09. The lowest BCUT2D eigenvalue weighted by Crippen LogP contribution is -2.50. The number of carbonyl (C=O) groups is 2. The molecule has 1 aromatic heterocycles. The van der Waals surface area contributed by atoms with Crippen LogP contribution >= 0.6 is 0 Å². The number of rotatable bonds is 8. The third kappa shape index (κ3) is 6.04. The molecule has 7 heteroatoms. The van der Waals surface area contributed by atoms with E-state index in [9.17, 15) is 9.59 Å². The van der Waals surface area contributed by atoms with Gasteiger partial charge in [-0.25, -0.2) is 0 Å². The van der Waals surface area contributed by atoms with Crippen LogP contribution < -0.4 is 10.6 Å². The molecule has 168 valence electrons. The highest BCUT2D eigenvalue weighted by molar-refractivity contribution is 6.04. The molecule has 7 nitrogen and oxygen atoms in total. The molecule has 0 radical (unpaired) electrons. The molecule has 0 spiro atoms. The van der Waals surface area contributed by atoms with Crippen molar-refractivity contribution in [2.45, 2.75) is 38.5 Å². The summed E-state index contributed by atoms with van der Waals surface area (Å²) in [5.74, 6) is -0.623. The second-order valence-corrected chi connectivity index (χ2v) is 8.03. The van der Waals surface area contributed by atoms with Crippen molar-refractivity contribution in [1.82, 2.24) is 15.6 Å². The molecule has 2 unspecified atom stereocenters. The van der Waals surface area contributed by atoms with E-state index in [1.165, 1.54) is 0 Å². The Morgan fingerprint density at radius 3 is 2.45 bits per heavy atom. The van der Waals surface area contributed by atoms with E-state index in [4.69, 9.17) is 4.84 Å². The number of nitrogens with zero attached hydrogens (tertiary/aromatic N) is 2. The number of pyridine rings is 1. The Hall–Kier alpha value is -4.00. The summed E-state index contributed by atoms with van der Waals surface area (Å²) in [5, 5.41) is 9.87. The number of carbonyl (C=O) groups excluding carboxylic acids is 2. The minimum Gasteiger partial charge on any atom is -0.382 e. The summed E-state index contributed by atoms with van der Waals surface area (Å²) in [5.41, 5.74) is 4.67. The quantitative estimate of drug-likeness (QED) is 0.561. The van der Waals surface area contributed by atoms with Crippen molar-refractivity contribution >= 4 is 17.5 Å².